The topological polar surface area (TPSA) is 104 Å². The van der Waals surface area contributed by atoms with Crippen LogP contribution in [0.15, 0.2) is 30.6 Å². The van der Waals surface area contributed by atoms with Gasteiger partial charge in [-0.15, -0.1) is 0 Å². The average molecular weight is 567 g/mol. The number of carbonyl (C=O) groups is 2. The number of aromatic nitrogens is 2. The van der Waals surface area contributed by atoms with Crippen LogP contribution in [-0.2, 0) is 21.0 Å². The molecule has 13 heteroatoms. The molecule has 2 aromatic heterocycles. The molecule has 2 amide bonds. The van der Waals surface area contributed by atoms with Gasteiger partial charge in [-0.3, -0.25) is 0 Å². The molecular formula is C25H29ClF2N4O5Si. The van der Waals surface area contributed by atoms with E-state index in [1.807, 2.05) is 0 Å². The van der Waals surface area contributed by atoms with Gasteiger partial charge in [0, 0.05) is 44.9 Å². The highest BCUT2D eigenvalue weighted by Gasteiger charge is 2.52. The van der Waals surface area contributed by atoms with Gasteiger partial charge in [0.25, 0.3) is 0 Å². The third-order valence-electron chi connectivity index (χ3n) is 6.05. The molecule has 0 bridgehead atoms. The number of esters is 1. The van der Waals surface area contributed by atoms with Crippen LogP contribution >= 0.6 is 11.6 Å². The molecule has 0 unspecified atom stereocenters. The molecule has 1 aromatic carbocycles. The number of hydrogen-bond acceptors (Lipinski definition) is 6. The molecule has 0 saturated heterocycles. The lowest BCUT2D eigenvalue weighted by atomic mass is 10.2. The Morgan fingerprint density at radius 3 is 2.50 bits per heavy atom. The Labute approximate surface area is 224 Å². The molecule has 0 atom stereocenters. The van der Waals surface area contributed by atoms with E-state index in [0.29, 0.717) is 30.5 Å². The van der Waals surface area contributed by atoms with Crippen molar-refractivity contribution in [2.45, 2.75) is 50.8 Å². The van der Waals surface area contributed by atoms with Gasteiger partial charge in [0.2, 0.25) is 0 Å². The third-order valence-corrected chi connectivity index (χ3v) is 8.04. The molecule has 204 valence electrons. The number of hydrogen-bond donors (Lipinski definition) is 2. The van der Waals surface area contributed by atoms with E-state index in [1.165, 1.54) is 19.4 Å². The Bertz CT molecular complexity index is 1350. The van der Waals surface area contributed by atoms with Gasteiger partial charge in [-0.25, -0.2) is 23.4 Å². The van der Waals surface area contributed by atoms with Crippen molar-refractivity contribution < 1.29 is 32.6 Å². The summed E-state index contributed by atoms with van der Waals surface area (Å²) in [6, 6.07) is 3.47. The maximum Gasteiger partial charge on any atom is 0.331 e. The lowest BCUT2D eigenvalue weighted by molar-refractivity contribution is -0.144. The highest BCUT2D eigenvalue weighted by molar-refractivity contribution is 6.76. The zero-order valence-electron chi connectivity index (χ0n) is 21.5. The van der Waals surface area contributed by atoms with Gasteiger partial charge in [-0.05, 0) is 25.0 Å². The number of ether oxygens (including phenoxy) is 3. The molecule has 9 nitrogen and oxygen atoms in total. The largest absolute Gasteiger partial charge is 0.467 e. The minimum atomic E-state index is -1.25. The molecule has 38 heavy (non-hydrogen) atoms. The van der Waals surface area contributed by atoms with Crippen LogP contribution in [0.3, 0.4) is 0 Å². The fourth-order valence-corrected chi connectivity index (χ4v) is 4.83. The van der Waals surface area contributed by atoms with Crippen LogP contribution < -0.4 is 15.4 Å². The second-order valence-corrected chi connectivity index (χ2v) is 16.4. The smallest absolute Gasteiger partial charge is 0.331 e. The van der Waals surface area contributed by atoms with E-state index < -0.39 is 43.0 Å². The Hall–Kier alpha value is -3.22. The standard InChI is InChI=1S/C25H29ClF2N4O5Si/c1-35-23(33)25(6-7-25)31-24(34)30-15-11-17(27)21(18(28)12-15)37-19-5-8-29-22-20(19)16(26)13-32(22)14-36-9-10-38(2,3)4/h5,8,11-13H,6-7,9-10,14H2,1-4H3,(H2,30,31,34). The van der Waals surface area contributed by atoms with Gasteiger partial charge in [0.15, 0.2) is 17.4 Å². The summed E-state index contributed by atoms with van der Waals surface area (Å²) in [5.41, 5.74) is -0.832. The predicted molar refractivity (Wildman–Crippen MR) is 141 cm³/mol. The number of carbonyl (C=O) groups excluding carboxylic acids is 2. The van der Waals surface area contributed by atoms with Crippen LogP contribution in [0, 0.1) is 11.6 Å². The summed E-state index contributed by atoms with van der Waals surface area (Å²) < 4.78 is 47.6. The molecule has 3 aromatic rings. The quantitative estimate of drug-likeness (QED) is 0.180. The number of nitrogens with one attached hydrogen (secondary N) is 2. The summed E-state index contributed by atoms with van der Waals surface area (Å²) in [7, 11) is -0.0310. The first kappa shape index (κ1) is 27.8. The number of nitrogens with zero attached hydrogens (tertiary/aromatic N) is 2. The molecule has 1 saturated carbocycles. The minimum Gasteiger partial charge on any atom is -0.467 e. The first-order valence-electron chi connectivity index (χ1n) is 12.0. The second-order valence-electron chi connectivity index (χ2n) is 10.3. The molecule has 2 N–H and O–H groups in total. The van der Waals surface area contributed by atoms with Gasteiger partial charge < -0.3 is 29.4 Å². The van der Waals surface area contributed by atoms with Gasteiger partial charge in [-0.1, -0.05) is 31.2 Å². The normalized spacial score (nSPS) is 14.3. The van der Waals surface area contributed by atoms with E-state index in [1.54, 1.807) is 10.8 Å². The van der Waals surface area contributed by atoms with Crippen LogP contribution in [0.4, 0.5) is 19.3 Å². The zero-order chi connectivity index (χ0) is 27.7. The van der Waals surface area contributed by atoms with Crippen molar-refractivity contribution in [1.29, 1.82) is 0 Å². The summed E-state index contributed by atoms with van der Waals surface area (Å²) >= 11 is 6.42. The van der Waals surface area contributed by atoms with Crippen molar-refractivity contribution in [2.24, 2.45) is 0 Å². The number of fused-ring (bicyclic) bond motifs is 1. The van der Waals surface area contributed by atoms with Crippen molar-refractivity contribution >= 4 is 48.4 Å². The van der Waals surface area contributed by atoms with Crippen molar-refractivity contribution in [3.05, 3.63) is 47.2 Å². The fraction of sp³-hybridized carbons (Fsp3) is 0.400. The number of anilines is 1. The number of rotatable bonds is 10. The number of halogens is 3. The highest BCUT2D eigenvalue weighted by Crippen LogP contribution is 2.38. The summed E-state index contributed by atoms with van der Waals surface area (Å²) in [5, 5.41) is 5.47. The third kappa shape index (κ3) is 6.25. The fourth-order valence-electron chi connectivity index (χ4n) is 3.78. The molecule has 1 fully saturated rings. The van der Waals surface area contributed by atoms with Crippen LogP contribution in [0.5, 0.6) is 11.5 Å². The van der Waals surface area contributed by atoms with Crippen molar-refractivity contribution in [2.75, 3.05) is 19.0 Å². The maximum atomic E-state index is 14.9. The lowest BCUT2D eigenvalue weighted by Gasteiger charge is -2.16. The Kier molecular flexibility index (Phi) is 7.95. The Balaban J connectivity index is 1.48. The number of pyridine rings is 1. The van der Waals surface area contributed by atoms with Crippen molar-refractivity contribution in [1.82, 2.24) is 14.9 Å². The minimum absolute atomic E-state index is 0.103. The molecule has 0 aliphatic heterocycles. The molecule has 2 heterocycles. The van der Waals surface area contributed by atoms with Gasteiger partial charge >= 0.3 is 12.0 Å². The summed E-state index contributed by atoms with van der Waals surface area (Å²) in [5.74, 6) is -3.25. The Morgan fingerprint density at radius 1 is 1.21 bits per heavy atom. The number of benzene rings is 1. The summed E-state index contributed by atoms with van der Waals surface area (Å²) in [6.45, 7) is 7.59. The van der Waals surface area contributed by atoms with Crippen LogP contribution in [0.2, 0.25) is 30.7 Å². The van der Waals surface area contributed by atoms with E-state index in [4.69, 9.17) is 21.1 Å². The monoisotopic (exact) mass is 566 g/mol. The van der Waals surface area contributed by atoms with E-state index in [-0.39, 0.29) is 23.2 Å². The predicted octanol–water partition coefficient (Wildman–Crippen LogP) is 5.90. The van der Waals surface area contributed by atoms with E-state index in [0.717, 1.165) is 18.2 Å². The molecule has 1 aliphatic carbocycles. The zero-order valence-corrected chi connectivity index (χ0v) is 23.2. The second kappa shape index (κ2) is 10.9. The van der Waals surface area contributed by atoms with Crippen LogP contribution in [-0.4, -0.2) is 48.9 Å². The highest BCUT2D eigenvalue weighted by atomic mass is 35.5. The number of amides is 2. The molecule has 0 radical (unpaired) electrons. The first-order valence-corrected chi connectivity index (χ1v) is 16.1. The maximum absolute atomic E-state index is 14.9. The number of methoxy groups -OCH3 is 1. The first-order chi connectivity index (χ1) is 17.9. The van der Waals surface area contributed by atoms with E-state index in [2.05, 4.69) is 40.0 Å². The van der Waals surface area contributed by atoms with Gasteiger partial charge in [-0.2, -0.15) is 0 Å². The average Bonchev–Trinajstić information content (AvgIpc) is 3.54. The lowest BCUT2D eigenvalue weighted by Crippen LogP contribution is -2.45. The van der Waals surface area contributed by atoms with E-state index >= 15 is 0 Å². The van der Waals surface area contributed by atoms with Crippen molar-refractivity contribution in [3.63, 3.8) is 0 Å². The van der Waals surface area contributed by atoms with Crippen molar-refractivity contribution in [3.8, 4) is 11.5 Å². The summed E-state index contributed by atoms with van der Waals surface area (Å²) in [6.07, 6.45) is 3.90. The van der Waals surface area contributed by atoms with Gasteiger partial charge in [0.1, 0.15) is 23.7 Å². The molecule has 0 spiro atoms. The van der Waals surface area contributed by atoms with Gasteiger partial charge in [0.05, 0.1) is 17.5 Å². The molecule has 1 aliphatic rings. The number of urea groups is 1. The Morgan fingerprint density at radius 2 is 1.89 bits per heavy atom. The summed E-state index contributed by atoms with van der Waals surface area (Å²) in [4.78, 5) is 28.4. The van der Waals surface area contributed by atoms with E-state index in [9.17, 15) is 18.4 Å². The van der Waals surface area contributed by atoms with Crippen LogP contribution in [0.25, 0.3) is 11.0 Å². The molecule has 4 rings (SSSR count). The molecular weight excluding hydrogens is 538 g/mol. The SMILES string of the molecule is COC(=O)C1(NC(=O)Nc2cc(F)c(Oc3ccnc4c3c(Cl)cn4COCC[Si](C)(C)C)c(F)c2)CC1. The van der Waals surface area contributed by atoms with Crippen LogP contribution in [0.1, 0.15) is 12.8 Å².